The highest BCUT2D eigenvalue weighted by Crippen LogP contribution is 2.62. The minimum atomic E-state index is -0.493. The highest BCUT2D eigenvalue weighted by Gasteiger charge is 2.52. The largest absolute Gasteiger partial charge is 0.310 e. The second-order valence-electron chi connectivity index (χ2n) is 21.2. The molecule has 4 bridgehead atoms. The van der Waals surface area contributed by atoms with E-state index in [2.05, 4.69) is 215 Å². The average molecular weight is 840 g/mol. The van der Waals surface area contributed by atoms with Crippen LogP contribution in [0.1, 0.15) is 102 Å². The molecule has 0 amide bonds. The molecule has 318 valence electrons. The number of hydrogen-bond donors (Lipinski definition) is 0. The minimum Gasteiger partial charge on any atom is -0.310 e. The van der Waals surface area contributed by atoms with Gasteiger partial charge in [-0.15, -0.1) is 0 Å². The van der Waals surface area contributed by atoms with Crippen molar-refractivity contribution >= 4 is 17.1 Å². The third-order valence-corrected chi connectivity index (χ3v) is 17.1. The lowest BCUT2D eigenvalue weighted by Gasteiger charge is -2.57. The van der Waals surface area contributed by atoms with E-state index in [1.807, 2.05) is 0 Å². The Morgan fingerprint density at radius 1 is 0.400 bits per heavy atom. The Kier molecular flexibility index (Phi) is 8.56. The van der Waals surface area contributed by atoms with E-state index in [0.29, 0.717) is 5.41 Å². The second-order valence-corrected chi connectivity index (χ2v) is 21.2. The van der Waals surface area contributed by atoms with Gasteiger partial charge in [-0.2, -0.15) is 0 Å². The van der Waals surface area contributed by atoms with Crippen molar-refractivity contribution in [3.05, 3.63) is 232 Å². The van der Waals surface area contributed by atoms with E-state index in [1.165, 1.54) is 133 Å². The van der Waals surface area contributed by atoms with Crippen molar-refractivity contribution in [2.24, 2.45) is 17.8 Å². The minimum absolute atomic E-state index is 0.138. The molecule has 8 aromatic carbocycles. The summed E-state index contributed by atoms with van der Waals surface area (Å²) in [7, 11) is 0. The van der Waals surface area contributed by atoms with Gasteiger partial charge in [-0.05, 0) is 195 Å². The van der Waals surface area contributed by atoms with Gasteiger partial charge in [-0.1, -0.05) is 159 Å². The first-order valence-corrected chi connectivity index (χ1v) is 24.3. The lowest BCUT2D eigenvalue weighted by molar-refractivity contribution is -0.00522. The summed E-state index contributed by atoms with van der Waals surface area (Å²) in [4.78, 5) is 2.59. The Morgan fingerprint density at radius 2 is 0.862 bits per heavy atom. The number of benzene rings is 8. The lowest BCUT2D eigenvalue weighted by Crippen LogP contribution is -2.48. The topological polar surface area (TPSA) is 3.24 Å². The average Bonchev–Trinajstić information content (AvgIpc) is 3.75. The van der Waals surface area contributed by atoms with Gasteiger partial charge in [0.1, 0.15) is 0 Å². The molecule has 0 radical (unpaired) electrons. The Labute approximate surface area is 385 Å². The molecule has 1 heteroatoms. The number of hydrogen-bond acceptors (Lipinski definition) is 1. The molecule has 0 aliphatic heterocycles. The van der Waals surface area contributed by atoms with Crippen molar-refractivity contribution < 1.29 is 0 Å². The van der Waals surface area contributed by atoms with Gasteiger partial charge in [-0.3, -0.25) is 0 Å². The van der Waals surface area contributed by atoms with Gasteiger partial charge in [0, 0.05) is 16.8 Å². The molecule has 0 unspecified atom stereocenters. The quantitative estimate of drug-likeness (QED) is 0.155. The van der Waals surface area contributed by atoms with Gasteiger partial charge in [0.05, 0.1) is 11.1 Å². The van der Waals surface area contributed by atoms with Crippen molar-refractivity contribution in [3.8, 4) is 33.4 Å². The molecule has 8 aromatic rings. The second kappa shape index (κ2) is 14.3. The molecule has 1 nitrogen and oxygen atoms in total. The van der Waals surface area contributed by atoms with Crippen molar-refractivity contribution in [2.45, 2.75) is 82.5 Å². The van der Waals surface area contributed by atoms with Crippen LogP contribution in [0.4, 0.5) is 17.1 Å². The highest BCUT2D eigenvalue weighted by molar-refractivity contribution is 5.92. The molecular weight excluding hydrogens is 783 g/mol. The van der Waals surface area contributed by atoms with Crippen molar-refractivity contribution in [1.82, 2.24) is 0 Å². The zero-order valence-corrected chi connectivity index (χ0v) is 38.2. The molecule has 4 saturated carbocycles. The zero-order valence-electron chi connectivity index (χ0n) is 38.2. The highest BCUT2D eigenvalue weighted by atomic mass is 15.1. The molecule has 6 aliphatic carbocycles. The molecule has 0 aromatic heterocycles. The smallest absolute Gasteiger partial charge is 0.0714 e. The maximum atomic E-state index is 2.68. The summed E-state index contributed by atoms with van der Waals surface area (Å²) in [5.74, 6) is 2.79. The monoisotopic (exact) mass is 839 g/mol. The first-order valence-electron chi connectivity index (χ1n) is 24.3. The van der Waals surface area contributed by atoms with E-state index in [4.69, 9.17) is 0 Å². The van der Waals surface area contributed by atoms with Crippen LogP contribution in [0.15, 0.2) is 182 Å². The van der Waals surface area contributed by atoms with Gasteiger partial charge in [-0.25, -0.2) is 0 Å². The standard InChI is InChI=1S/C64H57N/c1-41-30-47(46-16-8-5-9-17-46)31-42(2)61(41)65(52-26-29-56-53-22-14-15-23-57(53)64(60(56)37-52,48-18-10-6-11-19-48)49-20-12-7-13-21-49)51-25-28-55-54-27-24-50(35-58(54)62(3,4)59(55)36-51)63-38-43-32-44(39-63)34-45(33-43)40-63/h5-31,35-37,43-45H,32-34,38-40H2,1-4H3. The number of fused-ring (bicyclic) bond motifs is 6. The van der Waals surface area contributed by atoms with Crippen LogP contribution >= 0.6 is 0 Å². The van der Waals surface area contributed by atoms with E-state index in [0.717, 1.165) is 17.8 Å². The van der Waals surface area contributed by atoms with Crippen LogP contribution < -0.4 is 4.90 Å². The van der Waals surface area contributed by atoms with Crippen LogP contribution in [0.5, 0.6) is 0 Å². The molecule has 0 spiro atoms. The summed E-state index contributed by atoms with van der Waals surface area (Å²) in [5, 5.41) is 0. The first-order chi connectivity index (χ1) is 31.7. The maximum Gasteiger partial charge on any atom is 0.0714 e. The fourth-order valence-corrected chi connectivity index (χ4v) is 14.7. The van der Waals surface area contributed by atoms with Gasteiger partial charge >= 0.3 is 0 Å². The zero-order chi connectivity index (χ0) is 43.7. The van der Waals surface area contributed by atoms with E-state index in [9.17, 15) is 0 Å². The van der Waals surface area contributed by atoms with Crippen LogP contribution in [0.3, 0.4) is 0 Å². The molecule has 0 heterocycles. The van der Waals surface area contributed by atoms with E-state index >= 15 is 0 Å². The predicted molar refractivity (Wildman–Crippen MR) is 271 cm³/mol. The Bertz CT molecular complexity index is 3070. The van der Waals surface area contributed by atoms with Crippen molar-refractivity contribution in [2.75, 3.05) is 4.90 Å². The van der Waals surface area contributed by atoms with Crippen LogP contribution in [0.2, 0.25) is 0 Å². The Hall–Kier alpha value is -6.44. The third kappa shape index (κ3) is 5.70. The fourth-order valence-electron chi connectivity index (χ4n) is 14.7. The Morgan fingerprint density at radius 3 is 1.45 bits per heavy atom. The first kappa shape index (κ1) is 39.0. The molecule has 0 N–H and O–H groups in total. The van der Waals surface area contributed by atoms with Crippen LogP contribution in [-0.4, -0.2) is 0 Å². The van der Waals surface area contributed by atoms with E-state index in [-0.39, 0.29) is 5.41 Å². The molecule has 4 fully saturated rings. The lowest BCUT2D eigenvalue weighted by atomic mass is 9.48. The van der Waals surface area contributed by atoms with Crippen molar-refractivity contribution in [1.29, 1.82) is 0 Å². The van der Waals surface area contributed by atoms with Crippen LogP contribution in [0, 0.1) is 31.6 Å². The fraction of sp³-hybridized carbons (Fsp3) is 0.250. The van der Waals surface area contributed by atoms with Crippen LogP contribution in [-0.2, 0) is 16.2 Å². The van der Waals surface area contributed by atoms with Crippen molar-refractivity contribution in [3.63, 3.8) is 0 Å². The van der Waals surface area contributed by atoms with E-state index in [1.54, 1.807) is 5.56 Å². The molecule has 0 atom stereocenters. The summed E-state index contributed by atoms with van der Waals surface area (Å²) in [6.07, 6.45) is 8.62. The summed E-state index contributed by atoms with van der Waals surface area (Å²) in [6, 6.07) is 69.6. The third-order valence-electron chi connectivity index (χ3n) is 17.1. The molecule has 6 aliphatic rings. The van der Waals surface area contributed by atoms with Gasteiger partial charge in [0.25, 0.3) is 0 Å². The van der Waals surface area contributed by atoms with Gasteiger partial charge in [0.15, 0.2) is 0 Å². The summed E-state index contributed by atoms with van der Waals surface area (Å²) in [6.45, 7) is 9.59. The number of anilines is 3. The van der Waals surface area contributed by atoms with Gasteiger partial charge in [0.2, 0.25) is 0 Å². The molecule has 14 rings (SSSR count). The SMILES string of the molecule is Cc1cc(-c2ccccc2)cc(C)c1N(c1ccc2c(c1)C(C)(C)c1cc(C34CC5CC(CC(C5)C3)C4)ccc1-2)c1ccc2c(c1)C(c1ccccc1)(c1ccccc1)c1ccccc1-2. The molecule has 65 heavy (non-hydrogen) atoms. The predicted octanol–water partition coefficient (Wildman–Crippen LogP) is 16.6. The molecule has 0 saturated heterocycles. The number of aryl methyl sites for hydroxylation is 2. The van der Waals surface area contributed by atoms with Gasteiger partial charge < -0.3 is 4.90 Å². The number of rotatable bonds is 7. The number of nitrogens with zero attached hydrogens (tertiary/aromatic N) is 1. The molecular formula is C64H57N. The summed E-state index contributed by atoms with van der Waals surface area (Å²) in [5.41, 5.74) is 23.5. The summed E-state index contributed by atoms with van der Waals surface area (Å²) < 4.78 is 0. The maximum absolute atomic E-state index is 2.68. The van der Waals surface area contributed by atoms with E-state index < -0.39 is 5.41 Å². The van der Waals surface area contributed by atoms with Crippen LogP contribution in [0.25, 0.3) is 33.4 Å². The normalized spacial score (nSPS) is 22.2. The summed E-state index contributed by atoms with van der Waals surface area (Å²) >= 11 is 0. The Balaban J connectivity index is 1.00.